The van der Waals surface area contributed by atoms with Crippen LogP contribution < -0.4 is 5.73 Å². The SMILES string of the molecule is NCCCc1cccc(CC=C=O)c1. The zero-order chi connectivity index (χ0) is 10.2. The summed E-state index contributed by atoms with van der Waals surface area (Å²) in [7, 11) is 0. The van der Waals surface area contributed by atoms with E-state index in [4.69, 9.17) is 5.73 Å². The van der Waals surface area contributed by atoms with E-state index in [2.05, 4.69) is 12.1 Å². The number of rotatable bonds is 5. The maximum atomic E-state index is 10.0. The van der Waals surface area contributed by atoms with Gasteiger partial charge in [0.15, 0.2) is 0 Å². The third-order valence-corrected chi connectivity index (χ3v) is 2.08. The van der Waals surface area contributed by atoms with Crippen molar-refractivity contribution in [2.24, 2.45) is 5.73 Å². The highest BCUT2D eigenvalue weighted by molar-refractivity contribution is 5.46. The van der Waals surface area contributed by atoms with Crippen LogP contribution in [0.2, 0.25) is 0 Å². The van der Waals surface area contributed by atoms with Gasteiger partial charge in [0.2, 0.25) is 0 Å². The lowest BCUT2D eigenvalue weighted by molar-refractivity contribution is 0.568. The summed E-state index contributed by atoms with van der Waals surface area (Å²) in [6, 6.07) is 8.23. The molecule has 0 bridgehead atoms. The maximum Gasteiger partial charge on any atom is 0.120 e. The van der Waals surface area contributed by atoms with Gasteiger partial charge in [-0.3, -0.25) is 0 Å². The molecule has 1 aromatic carbocycles. The van der Waals surface area contributed by atoms with E-state index < -0.39 is 0 Å². The van der Waals surface area contributed by atoms with Gasteiger partial charge in [-0.25, -0.2) is 4.79 Å². The number of benzene rings is 1. The molecule has 0 aliphatic heterocycles. The molecule has 1 rings (SSSR count). The zero-order valence-corrected chi connectivity index (χ0v) is 8.20. The molecule has 2 nitrogen and oxygen atoms in total. The first-order valence-corrected chi connectivity index (χ1v) is 4.84. The minimum absolute atomic E-state index is 0.667. The molecule has 0 spiro atoms. The first kappa shape index (κ1) is 10.7. The van der Waals surface area contributed by atoms with Gasteiger partial charge in [0.05, 0.1) is 0 Å². The normalized spacial score (nSPS) is 9.50. The molecule has 0 unspecified atom stereocenters. The first-order valence-electron chi connectivity index (χ1n) is 4.84. The molecule has 2 heteroatoms. The maximum absolute atomic E-state index is 10.0. The lowest BCUT2D eigenvalue weighted by Crippen LogP contribution is -2.00. The molecule has 0 saturated carbocycles. The second kappa shape index (κ2) is 6.14. The summed E-state index contributed by atoms with van der Waals surface area (Å²) in [5.41, 5.74) is 7.88. The topological polar surface area (TPSA) is 43.1 Å². The number of nitrogens with two attached hydrogens (primary N) is 1. The van der Waals surface area contributed by atoms with Crippen molar-refractivity contribution in [3.05, 3.63) is 41.5 Å². The average Bonchev–Trinajstić information content (AvgIpc) is 2.24. The quantitative estimate of drug-likeness (QED) is 0.713. The molecule has 0 aliphatic carbocycles. The number of carbonyl (C=O) groups excluding carboxylic acids is 1. The minimum Gasteiger partial charge on any atom is -0.330 e. The Hall–Kier alpha value is -1.37. The standard InChI is InChI=1S/C12H15NO/c13-8-2-6-11-4-1-5-12(10-11)7-3-9-14/h1,3-5,10H,2,6-8,13H2. The van der Waals surface area contributed by atoms with E-state index in [1.54, 1.807) is 5.94 Å². The van der Waals surface area contributed by atoms with Gasteiger partial charge in [-0.15, -0.1) is 0 Å². The van der Waals surface area contributed by atoms with Crippen LogP contribution in [-0.2, 0) is 17.6 Å². The van der Waals surface area contributed by atoms with Gasteiger partial charge in [0.25, 0.3) is 0 Å². The minimum atomic E-state index is 0.667. The smallest absolute Gasteiger partial charge is 0.120 e. The van der Waals surface area contributed by atoms with Crippen LogP contribution in [0.15, 0.2) is 30.3 Å². The van der Waals surface area contributed by atoms with Crippen molar-refractivity contribution in [2.45, 2.75) is 19.3 Å². The largest absolute Gasteiger partial charge is 0.330 e. The van der Waals surface area contributed by atoms with Crippen molar-refractivity contribution in [3.63, 3.8) is 0 Å². The van der Waals surface area contributed by atoms with E-state index in [1.807, 2.05) is 12.1 Å². The van der Waals surface area contributed by atoms with E-state index in [1.165, 1.54) is 11.6 Å². The van der Waals surface area contributed by atoms with Crippen LogP contribution in [0.3, 0.4) is 0 Å². The zero-order valence-electron chi connectivity index (χ0n) is 8.20. The Morgan fingerprint density at radius 1 is 1.36 bits per heavy atom. The Labute approximate surface area is 84.4 Å². The second-order valence-corrected chi connectivity index (χ2v) is 3.24. The van der Waals surface area contributed by atoms with Gasteiger partial charge >= 0.3 is 0 Å². The summed E-state index contributed by atoms with van der Waals surface area (Å²) < 4.78 is 0. The molecule has 74 valence electrons. The van der Waals surface area contributed by atoms with E-state index >= 15 is 0 Å². The van der Waals surface area contributed by atoms with E-state index in [-0.39, 0.29) is 0 Å². The van der Waals surface area contributed by atoms with Crippen molar-refractivity contribution in [3.8, 4) is 0 Å². The lowest BCUT2D eigenvalue weighted by atomic mass is 10.0. The molecule has 0 amide bonds. The van der Waals surface area contributed by atoms with Gasteiger partial charge in [-0.1, -0.05) is 24.3 Å². The number of hydrogen-bond acceptors (Lipinski definition) is 2. The Kier molecular flexibility index (Phi) is 4.70. The molecule has 14 heavy (non-hydrogen) atoms. The van der Waals surface area contributed by atoms with Crippen LogP contribution in [-0.4, -0.2) is 12.5 Å². The summed E-state index contributed by atoms with van der Waals surface area (Å²) in [6.45, 7) is 0.721. The summed E-state index contributed by atoms with van der Waals surface area (Å²) in [5, 5.41) is 0. The highest BCUT2D eigenvalue weighted by Crippen LogP contribution is 2.08. The number of hydrogen-bond donors (Lipinski definition) is 1. The predicted octanol–water partition coefficient (Wildman–Crippen LogP) is 1.51. The van der Waals surface area contributed by atoms with Crippen molar-refractivity contribution in [2.75, 3.05) is 6.54 Å². The predicted molar refractivity (Wildman–Crippen MR) is 57.8 cm³/mol. The van der Waals surface area contributed by atoms with Crippen LogP contribution in [0.5, 0.6) is 0 Å². The molecule has 1 aromatic rings. The fourth-order valence-corrected chi connectivity index (χ4v) is 1.38. The van der Waals surface area contributed by atoms with Crippen LogP contribution >= 0.6 is 0 Å². The Bertz CT molecular complexity index is 327. The molecule has 0 radical (unpaired) electrons. The van der Waals surface area contributed by atoms with Crippen molar-refractivity contribution in [1.29, 1.82) is 0 Å². The molecule has 0 aromatic heterocycles. The highest BCUT2D eigenvalue weighted by atomic mass is 16.1. The summed E-state index contributed by atoms with van der Waals surface area (Å²) in [6.07, 6.45) is 4.18. The Morgan fingerprint density at radius 3 is 2.86 bits per heavy atom. The van der Waals surface area contributed by atoms with E-state index in [9.17, 15) is 4.79 Å². The van der Waals surface area contributed by atoms with Crippen molar-refractivity contribution in [1.82, 2.24) is 0 Å². The average molecular weight is 189 g/mol. The fraction of sp³-hybridized carbons (Fsp3) is 0.333. The molecular formula is C12H15NO. The van der Waals surface area contributed by atoms with Gasteiger partial charge in [0.1, 0.15) is 5.94 Å². The Morgan fingerprint density at radius 2 is 2.14 bits per heavy atom. The van der Waals surface area contributed by atoms with Crippen molar-refractivity contribution < 1.29 is 4.79 Å². The summed E-state index contributed by atoms with van der Waals surface area (Å²) in [4.78, 5) is 10.0. The van der Waals surface area contributed by atoms with Crippen LogP contribution in [0.4, 0.5) is 0 Å². The number of allylic oxidation sites excluding steroid dienone is 1. The van der Waals surface area contributed by atoms with Gasteiger partial charge < -0.3 is 5.73 Å². The third-order valence-electron chi connectivity index (χ3n) is 2.08. The van der Waals surface area contributed by atoms with E-state index in [0.717, 1.165) is 24.9 Å². The van der Waals surface area contributed by atoms with Crippen LogP contribution in [0.25, 0.3) is 0 Å². The molecule has 0 aliphatic rings. The third kappa shape index (κ3) is 3.56. The van der Waals surface area contributed by atoms with Crippen molar-refractivity contribution >= 4 is 5.94 Å². The molecule has 0 heterocycles. The van der Waals surface area contributed by atoms with Crippen LogP contribution in [0, 0.1) is 0 Å². The van der Waals surface area contributed by atoms with E-state index in [0.29, 0.717) is 6.42 Å². The molecule has 0 saturated heterocycles. The monoisotopic (exact) mass is 189 g/mol. The second-order valence-electron chi connectivity index (χ2n) is 3.24. The molecular weight excluding hydrogens is 174 g/mol. The lowest BCUT2D eigenvalue weighted by Gasteiger charge is -2.01. The van der Waals surface area contributed by atoms with Gasteiger partial charge in [0, 0.05) is 12.5 Å². The summed E-state index contributed by atoms with van der Waals surface area (Å²) in [5.74, 6) is 1.78. The summed E-state index contributed by atoms with van der Waals surface area (Å²) >= 11 is 0. The molecule has 0 fully saturated rings. The fourth-order valence-electron chi connectivity index (χ4n) is 1.38. The van der Waals surface area contributed by atoms with Gasteiger partial charge in [-0.2, -0.15) is 0 Å². The molecule has 0 atom stereocenters. The van der Waals surface area contributed by atoms with Crippen LogP contribution in [0.1, 0.15) is 17.5 Å². The van der Waals surface area contributed by atoms with Gasteiger partial charge in [-0.05, 0) is 30.5 Å². The highest BCUT2D eigenvalue weighted by Gasteiger charge is 1.94. The number of aryl methyl sites for hydroxylation is 1. The first-order chi connectivity index (χ1) is 6.86. The Balaban J connectivity index is 2.63. The molecule has 2 N–H and O–H groups in total.